The standard InChI is InChI=1S/C16H24N2O2/c1-12(2)13(3)9-18-10-15(19)11-20-16-6-4-5-14(7-16)8-17/h4-7,12-13,15,18-19H,9-11H2,1-3H3. The van der Waals surface area contributed by atoms with Gasteiger partial charge in [0.2, 0.25) is 0 Å². The molecular weight excluding hydrogens is 252 g/mol. The minimum Gasteiger partial charge on any atom is -0.491 e. The number of ether oxygens (including phenoxy) is 1. The highest BCUT2D eigenvalue weighted by Crippen LogP contribution is 2.12. The van der Waals surface area contributed by atoms with Crippen LogP contribution in [0, 0.1) is 23.2 Å². The SMILES string of the molecule is CC(C)C(C)CNCC(O)COc1cccc(C#N)c1. The summed E-state index contributed by atoms with van der Waals surface area (Å²) in [6.45, 7) is 8.18. The molecule has 0 heterocycles. The van der Waals surface area contributed by atoms with E-state index in [0.29, 0.717) is 29.7 Å². The smallest absolute Gasteiger partial charge is 0.120 e. The monoisotopic (exact) mass is 276 g/mol. The zero-order valence-corrected chi connectivity index (χ0v) is 12.5. The number of nitriles is 1. The topological polar surface area (TPSA) is 65.3 Å². The Morgan fingerprint density at radius 1 is 1.30 bits per heavy atom. The number of nitrogens with zero attached hydrogens (tertiary/aromatic N) is 1. The van der Waals surface area contributed by atoms with Gasteiger partial charge >= 0.3 is 0 Å². The van der Waals surface area contributed by atoms with Gasteiger partial charge in [0.15, 0.2) is 0 Å². The van der Waals surface area contributed by atoms with Crippen molar-refractivity contribution in [3.63, 3.8) is 0 Å². The highest BCUT2D eigenvalue weighted by atomic mass is 16.5. The third-order valence-corrected chi connectivity index (χ3v) is 3.39. The van der Waals surface area contributed by atoms with E-state index in [1.54, 1.807) is 24.3 Å². The first-order chi connectivity index (χ1) is 9.52. The van der Waals surface area contributed by atoms with Gasteiger partial charge in [-0.3, -0.25) is 0 Å². The Bertz CT molecular complexity index is 440. The lowest BCUT2D eigenvalue weighted by Crippen LogP contribution is -2.34. The van der Waals surface area contributed by atoms with Gasteiger partial charge in [-0.15, -0.1) is 0 Å². The van der Waals surface area contributed by atoms with Crippen LogP contribution in [0.1, 0.15) is 26.3 Å². The van der Waals surface area contributed by atoms with Gasteiger partial charge in [-0.05, 0) is 36.6 Å². The first kappa shape index (κ1) is 16.5. The van der Waals surface area contributed by atoms with Crippen molar-refractivity contribution in [3.8, 4) is 11.8 Å². The number of hydrogen-bond acceptors (Lipinski definition) is 4. The van der Waals surface area contributed by atoms with Crippen LogP contribution in [0.5, 0.6) is 5.75 Å². The highest BCUT2D eigenvalue weighted by Gasteiger charge is 2.09. The van der Waals surface area contributed by atoms with Gasteiger partial charge in [-0.25, -0.2) is 0 Å². The van der Waals surface area contributed by atoms with Crippen LogP contribution in [-0.4, -0.2) is 30.9 Å². The number of nitrogens with one attached hydrogen (secondary N) is 1. The zero-order chi connectivity index (χ0) is 15.0. The second-order valence-corrected chi connectivity index (χ2v) is 5.48. The summed E-state index contributed by atoms with van der Waals surface area (Å²) in [7, 11) is 0. The van der Waals surface area contributed by atoms with E-state index in [4.69, 9.17) is 10.00 Å². The summed E-state index contributed by atoms with van der Waals surface area (Å²) in [4.78, 5) is 0. The van der Waals surface area contributed by atoms with E-state index in [0.717, 1.165) is 6.54 Å². The maximum absolute atomic E-state index is 9.84. The lowest BCUT2D eigenvalue weighted by Gasteiger charge is -2.18. The van der Waals surface area contributed by atoms with Crippen LogP contribution in [0.3, 0.4) is 0 Å². The van der Waals surface area contributed by atoms with E-state index in [1.165, 1.54) is 0 Å². The van der Waals surface area contributed by atoms with Gasteiger partial charge in [0.25, 0.3) is 0 Å². The van der Waals surface area contributed by atoms with Gasteiger partial charge in [-0.1, -0.05) is 26.8 Å². The summed E-state index contributed by atoms with van der Waals surface area (Å²) >= 11 is 0. The van der Waals surface area contributed by atoms with Crippen molar-refractivity contribution in [1.29, 1.82) is 5.26 Å². The van der Waals surface area contributed by atoms with Gasteiger partial charge in [-0.2, -0.15) is 5.26 Å². The summed E-state index contributed by atoms with van der Waals surface area (Å²) in [5.41, 5.74) is 0.556. The molecule has 0 aromatic heterocycles. The van der Waals surface area contributed by atoms with E-state index >= 15 is 0 Å². The Hall–Kier alpha value is -1.57. The maximum atomic E-state index is 9.84. The zero-order valence-electron chi connectivity index (χ0n) is 12.5. The number of aliphatic hydroxyl groups is 1. The molecule has 2 atom stereocenters. The predicted molar refractivity (Wildman–Crippen MR) is 79.5 cm³/mol. The molecule has 0 radical (unpaired) electrons. The summed E-state index contributed by atoms with van der Waals surface area (Å²) < 4.78 is 5.47. The molecular formula is C16H24N2O2. The molecule has 0 fully saturated rings. The predicted octanol–water partition coefficient (Wildman–Crippen LogP) is 2.18. The van der Waals surface area contributed by atoms with E-state index in [9.17, 15) is 5.11 Å². The first-order valence-electron chi connectivity index (χ1n) is 7.04. The fraction of sp³-hybridized carbons (Fsp3) is 0.562. The Kier molecular flexibility index (Phi) is 7.06. The summed E-state index contributed by atoms with van der Waals surface area (Å²) in [6.07, 6.45) is -0.555. The van der Waals surface area contributed by atoms with Crippen LogP contribution in [0.4, 0.5) is 0 Å². The van der Waals surface area contributed by atoms with Crippen molar-refractivity contribution in [1.82, 2.24) is 5.32 Å². The van der Waals surface area contributed by atoms with E-state index in [-0.39, 0.29) is 6.61 Å². The van der Waals surface area contributed by atoms with Crippen molar-refractivity contribution in [2.45, 2.75) is 26.9 Å². The molecule has 4 nitrogen and oxygen atoms in total. The quantitative estimate of drug-likeness (QED) is 0.764. The van der Waals surface area contributed by atoms with Crippen LogP contribution in [0.25, 0.3) is 0 Å². The highest BCUT2D eigenvalue weighted by molar-refractivity contribution is 5.36. The van der Waals surface area contributed by atoms with Crippen LogP contribution < -0.4 is 10.1 Å². The lowest BCUT2D eigenvalue weighted by atomic mass is 9.98. The minimum atomic E-state index is -0.555. The summed E-state index contributed by atoms with van der Waals surface area (Å²) in [6, 6.07) is 8.99. The van der Waals surface area contributed by atoms with E-state index in [1.807, 2.05) is 0 Å². The molecule has 110 valence electrons. The van der Waals surface area contributed by atoms with Crippen LogP contribution in [0.15, 0.2) is 24.3 Å². The van der Waals surface area contributed by atoms with Gasteiger partial charge in [0.05, 0.1) is 11.6 Å². The normalized spacial score (nSPS) is 13.8. The molecule has 4 heteroatoms. The van der Waals surface area contributed by atoms with Crippen LogP contribution in [0.2, 0.25) is 0 Å². The molecule has 0 bridgehead atoms. The molecule has 0 spiro atoms. The first-order valence-corrected chi connectivity index (χ1v) is 7.04. The van der Waals surface area contributed by atoms with Crippen molar-refractivity contribution in [2.75, 3.05) is 19.7 Å². The van der Waals surface area contributed by atoms with Crippen LogP contribution in [-0.2, 0) is 0 Å². The molecule has 0 saturated carbocycles. The third-order valence-electron chi connectivity index (χ3n) is 3.39. The Morgan fingerprint density at radius 3 is 2.70 bits per heavy atom. The second kappa shape index (κ2) is 8.57. The number of aliphatic hydroxyl groups excluding tert-OH is 1. The lowest BCUT2D eigenvalue weighted by molar-refractivity contribution is 0.105. The maximum Gasteiger partial charge on any atom is 0.120 e. The number of hydrogen-bond donors (Lipinski definition) is 2. The van der Waals surface area contributed by atoms with Crippen molar-refractivity contribution >= 4 is 0 Å². The molecule has 0 aliphatic heterocycles. The summed E-state index contributed by atoms with van der Waals surface area (Å²) in [5, 5.41) is 21.9. The summed E-state index contributed by atoms with van der Waals surface area (Å²) in [5.74, 6) is 1.82. The number of rotatable bonds is 8. The van der Waals surface area contributed by atoms with Crippen molar-refractivity contribution in [3.05, 3.63) is 29.8 Å². The van der Waals surface area contributed by atoms with Gasteiger partial charge in [0, 0.05) is 6.54 Å². The molecule has 2 N–H and O–H groups in total. The molecule has 0 aliphatic rings. The average Bonchev–Trinajstić information content (AvgIpc) is 2.45. The molecule has 20 heavy (non-hydrogen) atoms. The molecule has 1 aromatic rings. The van der Waals surface area contributed by atoms with Crippen LogP contribution >= 0.6 is 0 Å². The fourth-order valence-electron chi connectivity index (χ4n) is 1.62. The largest absolute Gasteiger partial charge is 0.491 e. The Labute approximate surface area is 121 Å². The third kappa shape index (κ3) is 6.05. The van der Waals surface area contributed by atoms with Crippen molar-refractivity contribution in [2.24, 2.45) is 11.8 Å². The van der Waals surface area contributed by atoms with E-state index < -0.39 is 6.10 Å². The van der Waals surface area contributed by atoms with Gasteiger partial charge in [0.1, 0.15) is 18.5 Å². The molecule has 1 aromatic carbocycles. The molecule has 0 saturated heterocycles. The van der Waals surface area contributed by atoms with Gasteiger partial charge < -0.3 is 15.2 Å². The number of benzene rings is 1. The minimum absolute atomic E-state index is 0.220. The van der Waals surface area contributed by atoms with Crippen molar-refractivity contribution < 1.29 is 9.84 Å². The average molecular weight is 276 g/mol. The molecule has 1 rings (SSSR count). The van der Waals surface area contributed by atoms with E-state index in [2.05, 4.69) is 32.2 Å². The molecule has 0 aliphatic carbocycles. The molecule has 0 amide bonds. The second-order valence-electron chi connectivity index (χ2n) is 5.48. The Morgan fingerprint density at radius 2 is 2.05 bits per heavy atom. The Balaban J connectivity index is 2.26. The molecule has 2 unspecified atom stereocenters. The fourth-order valence-corrected chi connectivity index (χ4v) is 1.62.